The molecule has 1 saturated heterocycles. The second-order valence-electron chi connectivity index (χ2n) is 6.03. The van der Waals surface area contributed by atoms with Gasteiger partial charge >= 0.3 is 0 Å². The Morgan fingerprint density at radius 3 is 2.62 bits per heavy atom. The maximum atomic E-state index is 12.0. The Kier molecular flexibility index (Phi) is 4.22. The molecule has 1 aromatic rings. The molecule has 0 aromatic heterocycles. The lowest BCUT2D eigenvalue weighted by Crippen LogP contribution is -2.64. The highest BCUT2D eigenvalue weighted by atomic mass is 79.9. The van der Waals surface area contributed by atoms with E-state index in [1.165, 1.54) is 0 Å². The number of β-amino-alcohol motifs (C(OH)–C–C–N with tert-alkyl or cyclic N) is 1. The van der Waals surface area contributed by atoms with Gasteiger partial charge in [0.15, 0.2) is 0 Å². The number of rotatable bonds is 6. The number of halogens is 1. The largest absolute Gasteiger partial charge is 0.494 e. The van der Waals surface area contributed by atoms with Gasteiger partial charge in [0.05, 0.1) is 19.7 Å². The molecule has 0 atom stereocenters. The normalized spacial score (nSPS) is 20.0. The number of carbonyl (C=O) groups excluding carboxylic acids is 1. The Labute approximate surface area is 133 Å². The van der Waals surface area contributed by atoms with E-state index in [1.54, 1.807) is 4.90 Å². The summed E-state index contributed by atoms with van der Waals surface area (Å²) in [4.78, 5) is 13.7. The van der Waals surface area contributed by atoms with Gasteiger partial charge in [-0.3, -0.25) is 4.79 Å². The van der Waals surface area contributed by atoms with Gasteiger partial charge in [0.2, 0.25) is 5.91 Å². The molecule has 1 N–H and O–H groups in total. The van der Waals surface area contributed by atoms with Crippen molar-refractivity contribution in [2.75, 3.05) is 19.7 Å². The summed E-state index contributed by atoms with van der Waals surface area (Å²) >= 11 is 3.37. The van der Waals surface area contributed by atoms with Gasteiger partial charge in [-0.1, -0.05) is 15.9 Å². The second-order valence-corrected chi connectivity index (χ2v) is 6.95. The third kappa shape index (κ3) is 3.58. The number of hydrogen-bond acceptors (Lipinski definition) is 3. The maximum absolute atomic E-state index is 12.0. The zero-order valence-electron chi connectivity index (χ0n) is 11.9. The molecule has 21 heavy (non-hydrogen) atoms. The van der Waals surface area contributed by atoms with Gasteiger partial charge in [0.25, 0.3) is 0 Å². The molecule has 0 spiro atoms. The van der Waals surface area contributed by atoms with Gasteiger partial charge in [-0.2, -0.15) is 0 Å². The van der Waals surface area contributed by atoms with Crippen LogP contribution >= 0.6 is 15.9 Å². The molecular formula is C16H20BrNO3. The SMILES string of the molecule is O=C(CCCOc1ccc(Br)cc1)N1CC(O)(C2CC2)C1. The Bertz CT molecular complexity index is 507. The van der Waals surface area contributed by atoms with Crippen molar-refractivity contribution in [2.24, 2.45) is 5.92 Å². The average Bonchev–Trinajstić information content (AvgIpc) is 3.26. The zero-order valence-corrected chi connectivity index (χ0v) is 13.5. The number of likely N-dealkylation sites (tertiary alicyclic amines) is 1. The minimum atomic E-state index is -0.580. The molecule has 1 aliphatic heterocycles. The van der Waals surface area contributed by atoms with Gasteiger partial charge in [-0.25, -0.2) is 0 Å². The smallest absolute Gasteiger partial charge is 0.222 e. The van der Waals surface area contributed by atoms with Crippen LogP contribution in [0.3, 0.4) is 0 Å². The highest BCUT2D eigenvalue weighted by Crippen LogP contribution is 2.44. The summed E-state index contributed by atoms with van der Waals surface area (Å²) in [7, 11) is 0. The molecule has 1 aliphatic carbocycles. The van der Waals surface area contributed by atoms with Crippen LogP contribution in [0.5, 0.6) is 5.75 Å². The van der Waals surface area contributed by atoms with Gasteiger partial charge in [0, 0.05) is 10.9 Å². The minimum Gasteiger partial charge on any atom is -0.494 e. The summed E-state index contributed by atoms with van der Waals surface area (Å²) in [5.41, 5.74) is -0.580. The van der Waals surface area contributed by atoms with Crippen LogP contribution in [0, 0.1) is 5.92 Å². The van der Waals surface area contributed by atoms with E-state index in [0.717, 1.165) is 23.1 Å². The summed E-state index contributed by atoms with van der Waals surface area (Å²) in [5, 5.41) is 10.2. The molecule has 0 radical (unpaired) electrons. The molecule has 2 fully saturated rings. The predicted octanol–water partition coefficient (Wildman–Crippen LogP) is 2.59. The first-order valence-corrected chi connectivity index (χ1v) is 8.25. The topological polar surface area (TPSA) is 49.8 Å². The first-order valence-electron chi connectivity index (χ1n) is 7.45. The average molecular weight is 354 g/mol. The molecule has 1 saturated carbocycles. The van der Waals surface area contributed by atoms with E-state index in [9.17, 15) is 9.90 Å². The maximum Gasteiger partial charge on any atom is 0.222 e. The van der Waals surface area contributed by atoms with Crippen molar-refractivity contribution in [1.82, 2.24) is 4.90 Å². The van der Waals surface area contributed by atoms with Crippen LogP contribution in [0.4, 0.5) is 0 Å². The number of hydrogen-bond donors (Lipinski definition) is 1. The van der Waals surface area contributed by atoms with Crippen molar-refractivity contribution in [1.29, 1.82) is 0 Å². The molecular weight excluding hydrogens is 334 g/mol. The third-order valence-corrected chi connectivity index (χ3v) is 4.77. The van der Waals surface area contributed by atoms with Crippen LogP contribution in [0.25, 0.3) is 0 Å². The van der Waals surface area contributed by atoms with E-state index in [0.29, 0.717) is 38.5 Å². The number of ether oxygens (including phenoxy) is 1. The van der Waals surface area contributed by atoms with Gasteiger partial charge < -0.3 is 14.7 Å². The van der Waals surface area contributed by atoms with Gasteiger partial charge in [-0.05, 0) is 49.4 Å². The molecule has 0 bridgehead atoms. The fraction of sp³-hybridized carbons (Fsp3) is 0.562. The van der Waals surface area contributed by atoms with Crippen LogP contribution in [0.2, 0.25) is 0 Å². The molecule has 4 nitrogen and oxygen atoms in total. The van der Waals surface area contributed by atoms with E-state index in [1.807, 2.05) is 24.3 Å². The molecule has 5 heteroatoms. The number of amides is 1. The van der Waals surface area contributed by atoms with Crippen LogP contribution in [-0.2, 0) is 4.79 Å². The quantitative estimate of drug-likeness (QED) is 0.799. The molecule has 1 amide bonds. The van der Waals surface area contributed by atoms with E-state index < -0.39 is 5.60 Å². The lowest BCUT2D eigenvalue weighted by Gasteiger charge is -2.47. The molecule has 2 aliphatic rings. The van der Waals surface area contributed by atoms with Gasteiger partial charge in [0.1, 0.15) is 11.4 Å². The predicted molar refractivity (Wildman–Crippen MR) is 83.1 cm³/mol. The van der Waals surface area contributed by atoms with Crippen molar-refractivity contribution < 1.29 is 14.6 Å². The van der Waals surface area contributed by atoms with Crippen LogP contribution in [0.1, 0.15) is 25.7 Å². The fourth-order valence-electron chi connectivity index (χ4n) is 2.77. The summed E-state index contributed by atoms with van der Waals surface area (Å²) in [6.45, 7) is 1.57. The summed E-state index contributed by atoms with van der Waals surface area (Å²) < 4.78 is 6.61. The number of benzene rings is 1. The lowest BCUT2D eigenvalue weighted by atomic mass is 9.88. The second kappa shape index (κ2) is 5.97. The molecule has 114 valence electrons. The van der Waals surface area contributed by atoms with Crippen molar-refractivity contribution in [3.8, 4) is 5.75 Å². The minimum absolute atomic E-state index is 0.125. The van der Waals surface area contributed by atoms with E-state index in [4.69, 9.17) is 4.74 Å². The van der Waals surface area contributed by atoms with Gasteiger partial charge in [-0.15, -0.1) is 0 Å². The summed E-state index contributed by atoms with van der Waals surface area (Å²) in [6, 6.07) is 7.66. The van der Waals surface area contributed by atoms with Crippen molar-refractivity contribution in [2.45, 2.75) is 31.3 Å². The molecule has 1 heterocycles. The fourth-order valence-corrected chi connectivity index (χ4v) is 3.04. The third-order valence-electron chi connectivity index (χ3n) is 4.24. The van der Waals surface area contributed by atoms with Crippen molar-refractivity contribution in [3.63, 3.8) is 0 Å². The Hall–Kier alpha value is -1.07. The highest BCUT2D eigenvalue weighted by Gasteiger charge is 2.52. The lowest BCUT2D eigenvalue weighted by molar-refractivity contribution is -0.159. The molecule has 3 rings (SSSR count). The monoisotopic (exact) mass is 353 g/mol. The van der Waals surface area contributed by atoms with Crippen molar-refractivity contribution >= 4 is 21.8 Å². The number of aliphatic hydroxyl groups is 1. The highest BCUT2D eigenvalue weighted by molar-refractivity contribution is 9.10. The van der Waals surface area contributed by atoms with Crippen LogP contribution < -0.4 is 4.74 Å². The summed E-state index contributed by atoms with van der Waals surface area (Å²) in [5.74, 6) is 1.37. The Morgan fingerprint density at radius 2 is 2.00 bits per heavy atom. The molecule has 0 unspecified atom stereocenters. The van der Waals surface area contributed by atoms with E-state index in [2.05, 4.69) is 15.9 Å². The first-order chi connectivity index (χ1) is 10.1. The van der Waals surface area contributed by atoms with E-state index >= 15 is 0 Å². The van der Waals surface area contributed by atoms with E-state index in [-0.39, 0.29) is 5.91 Å². The Balaban J connectivity index is 1.32. The first kappa shape index (κ1) is 14.9. The Morgan fingerprint density at radius 1 is 1.33 bits per heavy atom. The summed E-state index contributed by atoms with van der Waals surface area (Å²) in [6.07, 6.45) is 3.41. The zero-order chi connectivity index (χ0) is 14.9. The van der Waals surface area contributed by atoms with Crippen LogP contribution in [-0.4, -0.2) is 41.2 Å². The molecule has 1 aromatic carbocycles. The van der Waals surface area contributed by atoms with Crippen LogP contribution in [0.15, 0.2) is 28.7 Å². The standard InChI is InChI=1S/C16H20BrNO3/c17-13-5-7-14(8-6-13)21-9-1-2-15(19)18-10-16(20,11-18)12-3-4-12/h5-8,12,20H,1-4,9-11H2. The number of nitrogens with zero attached hydrogens (tertiary/aromatic N) is 1. The van der Waals surface area contributed by atoms with Crippen molar-refractivity contribution in [3.05, 3.63) is 28.7 Å². The number of carbonyl (C=O) groups is 1.